The van der Waals surface area contributed by atoms with E-state index in [4.69, 9.17) is 14.2 Å². The average Bonchev–Trinajstić information content (AvgIpc) is 3.18. The van der Waals surface area contributed by atoms with Crippen molar-refractivity contribution < 1.29 is 33.8 Å². The van der Waals surface area contributed by atoms with Crippen molar-refractivity contribution >= 4 is 24.5 Å². The number of para-hydroxylation sites is 1. The molecule has 9 nitrogen and oxygen atoms in total. The lowest BCUT2D eigenvalue weighted by molar-refractivity contribution is 0.0549. The standard InChI is InChI=1S/C20H19BN2O7/c1-28-15-10-9-12(21(26)27)11-14(15)17-16(19(24)29-2)18(20(25)30-3)23(22-17)13-7-5-4-6-8-13/h4-11,26-27H,1-3H3. The zero-order chi connectivity index (χ0) is 21.8. The first-order valence-electron chi connectivity index (χ1n) is 8.82. The highest BCUT2D eigenvalue weighted by molar-refractivity contribution is 6.58. The smallest absolute Gasteiger partial charge is 0.488 e. The molecule has 0 aliphatic rings. The molecule has 0 aliphatic heterocycles. The zero-order valence-electron chi connectivity index (χ0n) is 16.5. The molecule has 0 bridgehead atoms. The van der Waals surface area contributed by atoms with Crippen LogP contribution in [-0.2, 0) is 9.47 Å². The highest BCUT2D eigenvalue weighted by atomic mass is 16.5. The number of rotatable bonds is 6. The number of methoxy groups -OCH3 is 3. The Bertz CT molecular complexity index is 1080. The van der Waals surface area contributed by atoms with Gasteiger partial charge in [0.15, 0.2) is 5.69 Å². The van der Waals surface area contributed by atoms with Crippen molar-refractivity contribution in [3.8, 4) is 22.7 Å². The predicted molar refractivity (Wildman–Crippen MR) is 108 cm³/mol. The molecule has 0 fully saturated rings. The van der Waals surface area contributed by atoms with Crippen molar-refractivity contribution in [2.24, 2.45) is 0 Å². The number of nitrogens with zero attached hydrogens (tertiary/aromatic N) is 2. The highest BCUT2D eigenvalue weighted by Crippen LogP contribution is 2.34. The first-order valence-corrected chi connectivity index (χ1v) is 8.82. The third-order valence-electron chi connectivity index (χ3n) is 4.43. The second-order valence-electron chi connectivity index (χ2n) is 6.14. The van der Waals surface area contributed by atoms with Gasteiger partial charge in [-0.05, 0) is 29.7 Å². The van der Waals surface area contributed by atoms with Crippen molar-refractivity contribution in [2.75, 3.05) is 21.3 Å². The summed E-state index contributed by atoms with van der Waals surface area (Å²) in [5, 5.41) is 23.6. The van der Waals surface area contributed by atoms with E-state index in [0.717, 1.165) is 0 Å². The van der Waals surface area contributed by atoms with Gasteiger partial charge in [0.25, 0.3) is 0 Å². The molecule has 3 rings (SSSR count). The van der Waals surface area contributed by atoms with E-state index in [1.807, 2.05) is 0 Å². The molecule has 0 unspecified atom stereocenters. The quantitative estimate of drug-likeness (QED) is 0.453. The van der Waals surface area contributed by atoms with Crippen LogP contribution in [0, 0.1) is 0 Å². The molecule has 0 saturated heterocycles. The van der Waals surface area contributed by atoms with Crippen LogP contribution >= 0.6 is 0 Å². The van der Waals surface area contributed by atoms with Gasteiger partial charge in [0.05, 0.1) is 27.0 Å². The molecule has 0 aliphatic carbocycles. The van der Waals surface area contributed by atoms with Gasteiger partial charge in [-0.3, -0.25) is 0 Å². The van der Waals surface area contributed by atoms with Crippen molar-refractivity contribution in [1.29, 1.82) is 0 Å². The van der Waals surface area contributed by atoms with Crippen molar-refractivity contribution in [2.45, 2.75) is 0 Å². The lowest BCUT2D eigenvalue weighted by Crippen LogP contribution is -2.29. The van der Waals surface area contributed by atoms with Gasteiger partial charge in [-0.2, -0.15) is 5.10 Å². The van der Waals surface area contributed by atoms with Crippen molar-refractivity contribution in [3.63, 3.8) is 0 Å². The van der Waals surface area contributed by atoms with Crippen LogP contribution in [0.3, 0.4) is 0 Å². The Morgan fingerprint density at radius 3 is 2.20 bits per heavy atom. The predicted octanol–water partition coefficient (Wildman–Crippen LogP) is 0.801. The number of ether oxygens (including phenoxy) is 3. The molecular weight excluding hydrogens is 391 g/mol. The molecule has 0 atom stereocenters. The molecule has 0 saturated carbocycles. The fourth-order valence-electron chi connectivity index (χ4n) is 3.01. The van der Waals surface area contributed by atoms with Crippen LogP contribution in [0.5, 0.6) is 5.75 Å². The van der Waals surface area contributed by atoms with Gasteiger partial charge in [-0.25, -0.2) is 14.3 Å². The first kappa shape index (κ1) is 21.1. The van der Waals surface area contributed by atoms with Gasteiger partial charge < -0.3 is 24.3 Å². The summed E-state index contributed by atoms with van der Waals surface area (Å²) in [7, 11) is 2.03. The van der Waals surface area contributed by atoms with E-state index < -0.39 is 19.1 Å². The molecule has 1 heterocycles. The monoisotopic (exact) mass is 410 g/mol. The third-order valence-corrected chi connectivity index (χ3v) is 4.43. The van der Waals surface area contributed by atoms with Crippen LogP contribution in [0.4, 0.5) is 0 Å². The third kappa shape index (κ3) is 3.78. The minimum Gasteiger partial charge on any atom is -0.496 e. The van der Waals surface area contributed by atoms with E-state index in [0.29, 0.717) is 11.4 Å². The minimum atomic E-state index is -1.76. The van der Waals surface area contributed by atoms with E-state index in [2.05, 4.69) is 5.10 Å². The topological polar surface area (TPSA) is 120 Å². The fourth-order valence-corrected chi connectivity index (χ4v) is 3.01. The summed E-state index contributed by atoms with van der Waals surface area (Å²) in [4.78, 5) is 25.3. The molecule has 2 N–H and O–H groups in total. The number of carbonyl (C=O) groups is 2. The summed E-state index contributed by atoms with van der Waals surface area (Å²) in [6.07, 6.45) is 0. The van der Waals surface area contributed by atoms with E-state index in [-0.39, 0.29) is 28.0 Å². The van der Waals surface area contributed by atoms with Gasteiger partial charge in [0.1, 0.15) is 17.0 Å². The summed E-state index contributed by atoms with van der Waals surface area (Å²) in [5.74, 6) is -1.31. The summed E-state index contributed by atoms with van der Waals surface area (Å²) < 4.78 is 16.4. The largest absolute Gasteiger partial charge is 0.496 e. The maximum absolute atomic E-state index is 12.7. The lowest BCUT2D eigenvalue weighted by Gasteiger charge is -2.10. The Morgan fingerprint density at radius 2 is 1.63 bits per heavy atom. The van der Waals surface area contributed by atoms with Crippen LogP contribution in [0.2, 0.25) is 0 Å². The van der Waals surface area contributed by atoms with Crippen LogP contribution in [0.1, 0.15) is 20.8 Å². The normalized spacial score (nSPS) is 10.4. The SMILES string of the molecule is COC(=O)c1c(-c2cc(B(O)O)ccc2OC)nn(-c2ccccc2)c1C(=O)OC. The maximum atomic E-state index is 12.7. The van der Waals surface area contributed by atoms with E-state index >= 15 is 0 Å². The molecule has 1 aromatic heterocycles. The molecule has 0 spiro atoms. The first-order chi connectivity index (χ1) is 14.4. The van der Waals surface area contributed by atoms with Gasteiger partial charge in [-0.1, -0.05) is 24.3 Å². The second-order valence-corrected chi connectivity index (χ2v) is 6.14. The molecule has 3 aromatic rings. The molecule has 0 amide bonds. The van der Waals surface area contributed by atoms with Gasteiger partial charge >= 0.3 is 19.1 Å². The van der Waals surface area contributed by atoms with E-state index in [9.17, 15) is 19.6 Å². The summed E-state index contributed by atoms with van der Waals surface area (Å²) in [6, 6.07) is 13.1. The fraction of sp³-hybridized carbons (Fsp3) is 0.150. The number of esters is 2. The van der Waals surface area contributed by atoms with Gasteiger partial charge in [0.2, 0.25) is 0 Å². The summed E-state index contributed by atoms with van der Waals surface area (Å²) in [5.41, 5.74) is 0.703. The molecule has 10 heteroatoms. The summed E-state index contributed by atoms with van der Waals surface area (Å²) >= 11 is 0. The Hall–Kier alpha value is -3.63. The Kier molecular flexibility index (Phi) is 6.19. The molecule has 154 valence electrons. The van der Waals surface area contributed by atoms with Crippen LogP contribution in [-0.4, -0.2) is 60.2 Å². The lowest BCUT2D eigenvalue weighted by atomic mass is 9.79. The molecule has 0 radical (unpaired) electrons. The number of hydrogen-bond donors (Lipinski definition) is 2. The van der Waals surface area contributed by atoms with Gasteiger partial charge in [-0.15, -0.1) is 0 Å². The highest BCUT2D eigenvalue weighted by Gasteiger charge is 2.32. The van der Waals surface area contributed by atoms with Crippen molar-refractivity contribution in [1.82, 2.24) is 9.78 Å². The van der Waals surface area contributed by atoms with E-state index in [1.54, 1.807) is 30.3 Å². The van der Waals surface area contributed by atoms with Gasteiger partial charge in [0, 0.05) is 5.56 Å². The van der Waals surface area contributed by atoms with Crippen LogP contribution < -0.4 is 10.2 Å². The molecular formula is C20H19BN2O7. The number of benzene rings is 2. The zero-order valence-corrected chi connectivity index (χ0v) is 16.5. The van der Waals surface area contributed by atoms with E-state index in [1.165, 1.54) is 44.2 Å². The average molecular weight is 410 g/mol. The second kappa shape index (κ2) is 8.81. The Labute approximate surface area is 172 Å². The number of hydrogen-bond acceptors (Lipinski definition) is 8. The Morgan fingerprint density at radius 1 is 0.967 bits per heavy atom. The minimum absolute atomic E-state index is 0.0606. The van der Waals surface area contributed by atoms with Crippen molar-refractivity contribution in [3.05, 3.63) is 59.8 Å². The number of carbonyl (C=O) groups excluding carboxylic acids is 2. The molecule has 30 heavy (non-hydrogen) atoms. The summed E-state index contributed by atoms with van der Waals surface area (Å²) in [6.45, 7) is 0. The Balaban J connectivity index is 2.41. The van der Waals surface area contributed by atoms with Crippen LogP contribution in [0.25, 0.3) is 16.9 Å². The maximum Gasteiger partial charge on any atom is 0.488 e. The van der Waals surface area contributed by atoms with Crippen LogP contribution in [0.15, 0.2) is 48.5 Å². The number of aromatic nitrogens is 2. The molecule has 2 aromatic carbocycles.